The highest BCUT2D eigenvalue weighted by molar-refractivity contribution is 7.17. The third-order valence-electron chi connectivity index (χ3n) is 2.08. The van der Waals surface area contributed by atoms with Crippen LogP contribution in [0.4, 0.5) is 5.13 Å². The van der Waals surface area contributed by atoms with Crippen molar-refractivity contribution < 1.29 is 9.90 Å². The molecule has 0 bridgehead atoms. The molecule has 0 saturated heterocycles. The van der Waals surface area contributed by atoms with E-state index in [4.69, 9.17) is 5.11 Å². The van der Waals surface area contributed by atoms with Crippen molar-refractivity contribution in [3.05, 3.63) is 11.1 Å². The van der Waals surface area contributed by atoms with Gasteiger partial charge in [0, 0.05) is 19.6 Å². The number of anilines is 1. The molecule has 1 rings (SSSR count). The number of aliphatic hydroxyl groups excluding tert-OH is 1. The lowest BCUT2D eigenvalue weighted by atomic mass is 10.4. The van der Waals surface area contributed by atoms with Gasteiger partial charge in [0.25, 0.3) is 5.91 Å². The second-order valence-corrected chi connectivity index (χ2v) is 4.20. The number of amides is 1. The SMILES string of the molecule is CCNc1ncc(C(=O)N(CC)CCO)s1. The molecular formula is C10H17N3O2S. The maximum Gasteiger partial charge on any atom is 0.265 e. The largest absolute Gasteiger partial charge is 0.395 e. The molecule has 0 atom stereocenters. The normalized spacial score (nSPS) is 10.2. The molecule has 0 aliphatic heterocycles. The Kier molecular flexibility index (Phi) is 5.21. The highest BCUT2D eigenvalue weighted by atomic mass is 32.1. The quantitative estimate of drug-likeness (QED) is 0.783. The van der Waals surface area contributed by atoms with E-state index in [-0.39, 0.29) is 12.5 Å². The summed E-state index contributed by atoms with van der Waals surface area (Å²) in [6, 6.07) is 0. The Balaban J connectivity index is 2.70. The van der Waals surface area contributed by atoms with Gasteiger partial charge in [0.2, 0.25) is 0 Å². The third-order valence-corrected chi connectivity index (χ3v) is 3.03. The molecule has 0 radical (unpaired) electrons. The lowest BCUT2D eigenvalue weighted by molar-refractivity contribution is 0.0736. The number of rotatable bonds is 6. The minimum absolute atomic E-state index is 0.0154. The van der Waals surface area contributed by atoms with Crippen LogP contribution in [0.1, 0.15) is 23.5 Å². The van der Waals surface area contributed by atoms with Gasteiger partial charge in [-0.05, 0) is 13.8 Å². The zero-order valence-electron chi connectivity index (χ0n) is 9.56. The molecule has 0 aliphatic rings. The summed E-state index contributed by atoms with van der Waals surface area (Å²) in [4.78, 5) is 18.2. The van der Waals surface area contributed by atoms with Crippen LogP contribution in [-0.2, 0) is 0 Å². The predicted octanol–water partition coefficient (Wildman–Crippen LogP) is 1.03. The highest BCUT2D eigenvalue weighted by Gasteiger charge is 2.16. The van der Waals surface area contributed by atoms with Crippen LogP contribution in [0.15, 0.2) is 6.20 Å². The van der Waals surface area contributed by atoms with Crippen molar-refractivity contribution in [3.63, 3.8) is 0 Å². The van der Waals surface area contributed by atoms with Crippen molar-refractivity contribution in [1.29, 1.82) is 0 Å². The first-order valence-electron chi connectivity index (χ1n) is 5.32. The van der Waals surface area contributed by atoms with Crippen LogP contribution in [0.3, 0.4) is 0 Å². The standard InChI is InChI=1S/C10H17N3O2S/c1-3-11-10-12-7-8(16-10)9(15)13(4-2)5-6-14/h7,14H,3-6H2,1-2H3,(H,11,12). The highest BCUT2D eigenvalue weighted by Crippen LogP contribution is 2.19. The number of aromatic nitrogens is 1. The van der Waals surface area contributed by atoms with Gasteiger partial charge >= 0.3 is 0 Å². The Bertz CT molecular complexity index is 341. The Morgan fingerprint density at radius 2 is 2.38 bits per heavy atom. The molecule has 5 nitrogen and oxygen atoms in total. The van der Waals surface area contributed by atoms with Crippen LogP contribution >= 0.6 is 11.3 Å². The first kappa shape index (κ1) is 12.9. The van der Waals surface area contributed by atoms with Crippen molar-refractivity contribution in [2.75, 3.05) is 31.6 Å². The summed E-state index contributed by atoms with van der Waals surface area (Å²) < 4.78 is 0. The summed E-state index contributed by atoms with van der Waals surface area (Å²) in [5.74, 6) is -0.0711. The van der Waals surface area contributed by atoms with Crippen LogP contribution in [0.25, 0.3) is 0 Å². The minimum atomic E-state index is -0.0711. The van der Waals surface area contributed by atoms with Crippen LogP contribution in [0.2, 0.25) is 0 Å². The molecule has 0 aliphatic carbocycles. The van der Waals surface area contributed by atoms with Crippen LogP contribution in [0, 0.1) is 0 Å². The number of nitrogens with one attached hydrogen (secondary N) is 1. The lowest BCUT2D eigenvalue weighted by Crippen LogP contribution is -2.32. The van der Waals surface area contributed by atoms with Gasteiger partial charge in [-0.15, -0.1) is 0 Å². The van der Waals surface area contributed by atoms with Gasteiger partial charge in [0.1, 0.15) is 4.88 Å². The van der Waals surface area contributed by atoms with Crippen LogP contribution in [-0.4, -0.2) is 47.1 Å². The summed E-state index contributed by atoms with van der Waals surface area (Å²) in [6.07, 6.45) is 1.57. The van der Waals surface area contributed by atoms with Gasteiger partial charge in [-0.2, -0.15) is 0 Å². The van der Waals surface area contributed by atoms with Gasteiger partial charge in [0.15, 0.2) is 5.13 Å². The van der Waals surface area contributed by atoms with Crippen molar-refractivity contribution in [3.8, 4) is 0 Å². The molecule has 1 heterocycles. The van der Waals surface area contributed by atoms with E-state index in [1.54, 1.807) is 11.1 Å². The first-order chi connectivity index (χ1) is 7.72. The van der Waals surface area contributed by atoms with E-state index in [1.165, 1.54) is 11.3 Å². The third kappa shape index (κ3) is 3.18. The molecular weight excluding hydrogens is 226 g/mol. The summed E-state index contributed by atoms with van der Waals surface area (Å²) >= 11 is 1.34. The second kappa shape index (κ2) is 6.44. The Morgan fingerprint density at radius 3 is 2.94 bits per heavy atom. The number of thiazole rings is 1. The number of hydrogen-bond donors (Lipinski definition) is 2. The maximum atomic E-state index is 11.9. The van der Waals surface area contributed by atoms with Gasteiger partial charge in [-0.3, -0.25) is 4.79 Å². The molecule has 16 heavy (non-hydrogen) atoms. The van der Waals surface area contributed by atoms with E-state index in [9.17, 15) is 4.79 Å². The zero-order valence-corrected chi connectivity index (χ0v) is 10.4. The molecule has 0 aromatic carbocycles. The number of carbonyl (C=O) groups excluding carboxylic acids is 1. The number of likely N-dealkylation sites (N-methyl/N-ethyl adjacent to an activating group) is 1. The van der Waals surface area contributed by atoms with Crippen LogP contribution in [0.5, 0.6) is 0 Å². The van der Waals surface area contributed by atoms with E-state index in [0.717, 1.165) is 11.7 Å². The predicted molar refractivity (Wildman–Crippen MR) is 64.9 cm³/mol. The number of hydrogen-bond acceptors (Lipinski definition) is 5. The monoisotopic (exact) mass is 243 g/mol. The Labute approximate surface area is 99.1 Å². The molecule has 0 unspecified atom stereocenters. The molecule has 0 saturated carbocycles. The van der Waals surface area contributed by atoms with E-state index in [1.807, 2.05) is 13.8 Å². The van der Waals surface area contributed by atoms with Gasteiger partial charge in [-0.1, -0.05) is 11.3 Å². The Hall–Kier alpha value is -1.14. The minimum Gasteiger partial charge on any atom is -0.395 e. The van der Waals surface area contributed by atoms with Crippen molar-refractivity contribution in [2.45, 2.75) is 13.8 Å². The summed E-state index contributed by atoms with van der Waals surface area (Å²) in [5, 5.41) is 12.6. The molecule has 0 spiro atoms. The van der Waals surface area contributed by atoms with Gasteiger partial charge in [0.05, 0.1) is 12.8 Å². The van der Waals surface area contributed by atoms with Crippen LogP contribution < -0.4 is 5.32 Å². The van der Waals surface area contributed by atoms with E-state index in [2.05, 4.69) is 10.3 Å². The zero-order chi connectivity index (χ0) is 12.0. The lowest BCUT2D eigenvalue weighted by Gasteiger charge is -2.18. The Morgan fingerprint density at radius 1 is 1.62 bits per heavy atom. The molecule has 2 N–H and O–H groups in total. The average molecular weight is 243 g/mol. The van der Waals surface area contributed by atoms with Crippen molar-refractivity contribution >= 4 is 22.4 Å². The maximum absolute atomic E-state index is 11.9. The molecule has 1 amide bonds. The van der Waals surface area contributed by atoms with Crippen molar-refractivity contribution in [1.82, 2.24) is 9.88 Å². The molecule has 0 fully saturated rings. The second-order valence-electron chi connectivity index (χ2n) is 3.17. The van der Waals surface area contributed by atoms with E-state index < -0.39 is 0 Å². The molecule has 1 aromatic rings. The fourth-order valence-electron chi connectivity index (χ4n) is 1.29. The molecule has 6 heteroatoms. The van der Waals surface area contributed by atoms with E-state index in [0.29, 0.717) is 18.0 Å². The summed E-state index contributed by atoms with van der Waals surface area (Å²) in [5.41, 5.74) is 0. The average Bonchev–Trinajstić information content (AvgIpc) is 2.74. The van der Waals surface area contributed by atoms with Gasteiger partial charge < -0.3 is 15.3 Å². The summed E-state index contributed by atoms with van der Waals surface area (Å²) in [6.45, 7) is 5.60. The summed E-state index contributed by atoms with van der Waals surface area (Å²) in [7, 11) is 0. The van der Waals surface area contributed by atoms with E-state index >= 15 is 0 Å². The fourth-order valence-corrected chi connectivity index (χ4v) is 2.14. The number of carbonyl (C=O) groups is 1. The topological polar surface area (TPSA) is 65.5 Å². The number of aliphatic hydroxyl groups is 1. The fraction of sp³-hybridized carbons (Fsp3) is 0.600. The smallest absolute Gasteiger partial charge is 0.265 e. The molecule has 90 valence electrons. The van der Waals surface area contributed by atoms with Crippen molar-refractivity contribution in [2.24, 2.45) is 0 Å². The number of nitrogens with zero attached hydrogens (tertiary/aromatic N) is 2. The first-order valence-corrected chi connectivity index (χ1v) is 6.14. The molecule has 1 aromatic heterocycles. The van der Waals surface area contributed by atoms with Gasteiger partial charge in [-0.25, -0.2) is 4.98 Å².